The number of rotatable bonds is 5. The van der Waals surface area contributed by atoms with E-state index in [0.717, 1.165) is 18.7 Å². The van der Waals surface area contributed by atoms with E-state index in [-0.39, 0.29) is 5.43 Å². The SMILES string of the molecule is CCN(CC)c1ccc(/C=C/c2cc(=O)cc(C)o2)cc1. The number of hydrogen-bond donors (Lipinski definition) is 0. The number of benzene rings is 1. The van der Waals surface area contributed by atoms with Gasteiger partial charge in [0.1, 0.15) is 11.5 Å². The first-order valence-electron chi connectivity index (χ1n) is 7.27. The van der Waals surface area contributed by atoms with E-state index >= 15 is 0 Å². The molecule has 1 heterocycles. The van der Waals surface area contributed by atoms with Gasteiger partial charge in [0.05, 0.1) is 0 Å². The van der Waals surface area contributed by atoms with Gasteiger partial charge in [-0.1, -0.05) is 18.2 Å². The second-order valence-electron chi connectivity index (χ2n) is 4.90. The van der Waals surface area contributed by atoms with Gasteiger partial charge >= 0.3 is 0 Å². The number of anilines is 1. The molecule has 0 aliphatic rings. The van der Waals surface area contributed by atoms with Gasteiger partial charge in [-0.25, -0.2) is 0 Å². The highest BCUT2D eigenvalue weighted by atomic mass is 16.3. The zero-order chi connectivity index (χ0) is 15.2. The molecular formula is C18H21NO2. The number of nitrogens with zero attached hydrogens (tertiary/aromatic N) is 1. The quantitative estimate of drug-likeness (QED) is 0.832. The first-order chi connectivity index (χ1) is 10.1. The van der Waals surface area contributed by atoms with Crippen molar-refractivity contribution in [2.45, 2.75) is 20.8 Å². The highest BCUT2D eigenvalue weighted by Gasteiger charge is 2.00. The van der Waals surface area contributed by atoms with Gasteiger partial charge in [0.15, 0.2) is 5.43 Å². The van der Waals surface area contributed by atoms with Crippen LogP contribution in [0.2, 0.25) is 0 Å². The Kier molecular flexibility index (Phi) is 4.99. The second kappa shape index (κ2) is 6.93. The summed E-state index contributed by atoms with van der Waals surface area (Å²) >= 11 is 0. The summed E-state index contributed by atoms with van der Waals surface area (Å²) in [4.78, 5) is 13.7. The van der Waals surface area contributed by atoms with E-state index in [4.69, 9.17) is 4.42 Å². The molecule has 0 radical (unpaired) electrons. The van der Waals surface area contributed by atoms with E-state index in [9.17, 15) is 4.79 Å². The first-order valence-corrected chi connectivity index (χ1v) is 7.27. The van der Waals surface area contributed by atoms with E-state index in [0.29, 0.717) is 11.5 Å². The van der Waals surface area contributed by atoms with Gasteiger partial charge < -0.3 is 9.32 Å². The molecule has 21 heavy (non-hydrogen) atoms. The average Bonchev–Trinajstić information content (AvgIpc) is 2.47. The maximum absolute atomic E-state index is 11.4. The maximum atomic E-state index is 11.4. The minimum absolute atomic E-state index is 0.0321. The van der Waals surface area contributed by atoms with Crippen molar-refractivity contribution in [1.29, 1.82) is 0 Å². The molecule has 110 valence electrons. The lowest BCUT2D eigenvalue weighted by atomic mass is 10.1. The van der Waals surface area contributed by atoms with Crippen LogP contribution in [0.1, 0.15) is 30.9 Å². The predicted octanol–water partition coefficient (Wildman–Crippen LogP) is 3.96. The van der Waals surface area contributed by atoms with E-state index in [1.807, 2.05) is 12.2 Å². The van der Waals surface area contributed by atoms with Crippen molar-refractivity contribution in [3.05, 3.63) is 63.7 Å². The fourth-order valence-electron chi connectivity index (χ4n) is 2.27. The highest BCUT2D eigenvalue weighted by Crippen LogP contribution is 2.16. The van der Waals surface area contributed by atoms with Crippen molar-refractivity contribution in [2.24, 2.45) is 0 Å². The van der Waals surface area contributed by atoms with Crippen molar-refractivity contribution in [2.75, 3.05) is 18.0 Å². The van der Waals surface area contributed by atoms with Crippen molar-refractivity contribution in [3.8, 4) is 0 Å². The Morgan fingerprint density at radius 2 is 1.71 bits per heavy atom. The maximum Gasteiger partial charge on any atom is 0.185 e. The fraction of sp³-hybridized carbons (Fsp3) is 0.278. The van der Waals surface area contributed by atoms with Crippen LogP contribution in [0.15, 0.2) is 45.6 Å². The third-order valence-electron chi connectivity index (χ3n) is 3.37. The molecule has 0 fully saturated rings. The molecule has 1 aromatic carbocycles. The predicted molar refractivity (Wildman–Crippen MR) is 88.6 cm³/mol. The Morgan fingerprint density at radius 1 is 1.05 bits per heavy atom. The minimum atomic E-state index is -0.0321. The van der Waals surface area contributed by atoms with Crippen LogP contribution in [-0.4, -0.2) is 13.1 Å². The summed E-state index contributed by atoms with van der Waals surface area (Å²) < 4.78 is 5.48. The zero-order valence-corrected chi connectivity index (χ0v) is 12.8. The smallest absolute Gasteiger partial charge is 0.185 e. The molecule has 0 aliphatic carbocycles. The summed E-state index contributed by atoms with van der Waals surface area (Å²) in [6, 6.07) is 11.3. The van der Waals surface area contributed by atoms with E-state index < -0.39 is 0 Å². The lowest BCUT2D eigenvalue weighted by molar-refractivity contribution is 0.505. The van der Waals surface area contributed by atoms with Crippen molar-refractivity contribution in [1.82, 2.24) is 0 Å². The summed E-state index contributed by atoms with van der Waals surface area (Å²) in [6.07, 6.45) is 3.77. The van der Waals surface area contributed by atoms with Gasteiger partial charge in [0, 0.05) is 30.9 Å². The molecule has 0 N–H and O–H groups in total. The lowest BCUT2D eigenvalue weighted by Crippen LogP contribution is -2.21. The van der Waals surface area contributed by atoms with Crippen LogP contribution in [-0.2, 0) is 0 Å². The average molecular weight is 283 g/mol. The molecule has 3 nitrogen and oxygen atoms in total. The topological polar surface area (TPSA) is 33.5 Å². The van der Waals surface area contributed by atoms with Gasteiger partial charge in [-0.05, 0) is 44.5 Å². The van der Waals surface area contributed by atoms with Crippen LogP contribution in [0.5, 0.6) is 0 Å². The highest BCUT2D eigenvalue weighted by molar-refractivity contribution is 5.68. The Balaban J connectivity index is 2.16. The molecule has 2 rings (SSSR count). The molecule has 0 aliphatic heterocycles. The first kappa shape index (κ1) is 15.1. The largest absolute Gasteiger partial charge is 0.462 e. The Bertz CT molecular complexity index is 664. The number of hydrogen-bond acceptors (Lipinski definition) is 3. The number of aryl methyl sites for hydroxylation is 1. The van der Waals surface area contributed by atoms with Crippen molar-refractivity contribution < 1.29 is 4.42 Å². The van der Waals surface area contributed by atoms with E-state index in [1.165, 1.54) is 17.8 Å². The zero-order valence-electron chi connectivity index (χ0n) is 12.8. The second-order valence-corrected chi connectivity index (χ2v) is 4.90. The third kappa shape index (κ3) is 4.09. The van der Waals surface area contributed by atoms with E-state index in [2.05, 4.69) is 43.0 Å². The van der Waals surface area contributed by atoms with Gasteiger partial charge in [-0.2, -0.15) is 0 Å². The molecule has 0 spiro atoms. The Labute approximate surface area is 125 Å². The summed E-state index contributed by atoms with van der Waals surface area (Å²) in [6.45, 7) is 8.08. The van der Waals surface area contributed by atoms with Crippen molar-refractivity contribution >= 4 is 17.8 Å². The monoisotopic (exact) mass is 283 g/mol. The van der Waals surface area contributed by atoms with Crippen LogP contribution in [0, 0.1) is 6.92 Å². The molecular weight excluding hydrogens is 262 g/mol. The van der Waals surface area contributed by atoms with Gasteiger partial charge in [0.2, 0.25) is 0 Å². The Morgan fingerprint density at radius 3 is 2.29 bits per heavy atom. The third-order valence-corrected chi connectivity index (χ3v) is 3.37. The van der Waals surface area contributed by atoms with Crippen LogP contribution in [0.3, 0.4) is 0 Å². The molecule has 0 bridgehead atoms. The normalized spacial score (nSPS) is 11.0. The van der Waals surface area contributed by atoms with Crippen LogP contribution in [0.25, 0.3) is 12.2 Å². The minimum Gasteiger partial charge on any atom is -0.462 e. The fourth-order valence-corrected chi connectivity index (χ4v) is 2.27. The van der Waals surface area contributed by atoms with Crippen molar-refractivity contribution in [3.63, 3.8) is 0 Å². The summed E-state index contributed by atoms with van der Waals surface area (Å²) in [5, 5.41) is 0. The van der Waals surface area contributed by atoms with Crippen LogP contribution < -0.4 is 10.3 Å². The molecule has 2 aromatic rings. The summed E-state index contributed by atoms with van der Waals surface area (Å²) in [7, 11) is 0. The van der Waals surface area contributed by atoms with E-state index in [1.54, 1.807) is 6.92 Å². The van der Waals surface area contributed by atoms with Gasteiger partial charge in [0.25, 0.3) is 0 Å². The summed E-state index contributed by atoms with van der Waals surface area (Å²) in [5.74, 6) is 1.20. The van der Waals surface area contributed by atoms with Gasteiger partial charge in [-0.15, -0.1) is 0 Å². The van der Waals surface area contributed by atoms with Gasteiger partial charge in [-0.3, -0.25) is 4.79 Å². The van der Waals surface area contributed by atoms with Crippen LogP contribution in [0.4, 0.5) is 5.69 Å². The lowest BCUT2D eigenvalue weighted by Gasteiger charge is -2.20. The molecule has 0 amide bonds. The van der Waals surface area contributed by atoms with Crippen LogP contribution >= 0.6 is 0 Å². The summed E-state index contributed by atoms with van der Waals surface area (Å²) in [5.41, 5.74) is 2.27. The molecule has 1 aromatic heterocycles. The Hall–Kier alpha value is -2.29. The molecule has 0 atom stereocenters. The molecule has 3 heteroatoms. The molecule has 0 saturated heterocycles. The standard InChI is InChI=1S/C18H21NO2/c1-4-19(5-2)16-9-6-15(7-10-16)8-11-18-13-17(20)12-14(3)21-18/h6-13H,4-5H2,1-3H3/b11-8+. The molecule has 0 saturated carbocycles. The molecule has 0 unspecified atom stereocenters.